The molecule has 3 nitrogen and oxygen atoms in total. The predicted molar refractivity (Wildman–Crippen MR) is 52.5 cm³/mol. The highest BCUT2D eigenvalue weighted by Crippen LogP contribution is 2.19. The van der Waals surface area contributed by atoms with E-state index in [1.807, 2.05) is 0 Å². The smallest absolute Gasteiger partial charge is 0.282 e. The van der Waals surface area contributed by atoms with E-state index < -0.39 is 10.1 Å². The lowest BCUT2D eigenvalue weighted by Crippen LogP contribution is -1.97. The molecule has 0 amide bonds. The SMILES string of the molecule is C=C.O=S(=O)(O)c1ccccc1Cl. The molecule has 5 heteroatoms. The molecule has 1 aromatic carbocycles. The standard InChI is InChI=1S/C6H5ClO3S.C2H4/c7-5-3-1-2-4-6(5)11(8,9)10;1-2/h1-4H,(H,8,9,10);1-2H2. The second kappa shape index (κ2) is 5.01. The summed E-state index contributed by atoms with van der Waals surface area (Å²) in [5, 5.41) is 0.0231. The molecule has 1 rings (SSSR count). The normalized spacial score (nSPS) is 10.0. The maximum Gasteiger partial charge on any atom is 0.296 e. The average molecular weight is 221 g/mol. The van der Waals surface area contributed by atoms with Crippen LogP contribution in [0.5, 0.6) is 0 Å². The quantitative estimate of drug-likeness (QED) is 0.584. The van der Waals surface area contributed by atoms with E-state index in [0.29, 0.717) is 0 Å². The summed E-state index contributed by atoms with van der Waals surface area (Å²) < 4.78 is 29.6. The fourth-order valence-electron chi connectivity index (χ4n) is 0.654. The minimum atomic E-state index is -4.17. The zero-order valence-corrected chi connectivity index (χ0v) is 8.35. The molecular weight excluding hydrogens is 212 g/mol. The summed E-state index contributed by atoms with van der Waals surface area (Å²) >= 11 is 5.47. The number of hydrogen-bond donors (Lipinski definition) is 1. The van der Waals surface area contributed by atoms with Gasteiger partial charge >= 0.3 is 0 Å². The maximum absolute atomic E-state index is 10.5. The van der Waals surface area contributed by atoms with Gasteiger partial charge in [-0.25, -0.2) is 0 Å². The fourth-order valence-corrected chi connectivity index (χ4v) is 1.65. The van der Waals surface area contributed by atoms with Crippen molar-refractivity contribution in [3.05, 3.63) is 42.4 Å². The Morgan fingerprint density at radius 2 is 1.69 bits per heavy atom. The van der Waals surface area contributed by atoms with Gasteiger partial charge in [0.2, 0.25) is 0 Å². The third-order valence-electron chi connectivity index (χ3n) is 1.11. The first-order valence-corrected chi connectivity index (χ1v) is 5.05. The lowest BCUT2D eigenvalue weighted by molar-refractivity contribution is 0.483. The molecule has 1 aromatic rings. The zero-order valence-electron chi connectivity index (χ0n) is 6.77. The Hall–Kier alpha value is -0.840. The van der Waals surface area contributed by atoms with Crippen LogP contribution in [-0.2, 0) is 10.1 Å². The molecule has 0 saturated carbocycles. The van der Waals surface area contributed by atoms with Crippen molar-refractivity contribution in [1.82, 2.24) is 0 Å². The Morgan fingerprint density at radius 3 is 2.00 bits per heavy atom. The molecule has 0 spiro atoms. The van der Waals surface area contributed by atoms with Crippen molar-refractivity contribution in [2.75, 3.05) is 0 Å². The van der Waals surface area contributed by atoms with E-state index >= 15 is 0 Å². The van der Waals surface area contributed by atoms with E-state index in [1.54, 1.807) is 6.07 Å². The van der Waals surface area contributed by atoms with Crippen LogP contribution < -0.4 is 0 Å². The van der Waals surface area contributed by atoms with Crippen molar-refractivity contribution < 1.29 is 13.0 Å². The highest BCUT2D eigenvalue weighted by atomic mass is 35.5. The van der Waals surface area contributed by atoms with E-state index in [2.05, 4.69) is 13.2 Å². The van der Waals surface area contributed by atoms with Gasteiger partial charge in [0.15, 0.2) is 0 Å². The van der Waals surface area contributed by atoms with Crippen LogP contribution in [0.4, 0.5) is 0 Å². The lowest BCUT2D eigenvalue weighted by Gasteiger charge is -1.97. The Bertz CT molecular complexity index is 373. The Morgan fingerprint density at radius 1 is 1.23 bits per heavy atom. The van der Waals surface area contributed by atoms with Gasteiger partial charge < -0.3 is 0 Å². The summed E-state index contributed by atoms with van der Waals surface area (Å²) in [7, 11) is -4.17. The summed E-state index contributed by atoms with van der Waals surface area (Å²) in [6.07, 6.45) is 0. The highest BCUT2D eigenvalue weighted by molar-refractivity contribution is 7.86. The Kier molecular flexibility index (Phi) is 4.69. The predicted octanol–water partition coefficient (Wildman–Crippen LogP) is 2.39. The van der Waals surface area contributed by atoms with Crippen molar-refractivity contribution in [3.8, 4) is 0 Å². The van der Waals surface area contributed by atoms with Gasteiger partial charge in [0.1, 0.15) is 4.90 Å². The van der Waals surface area contributed by atoms with Crippen LogP contribution in [0.25, 0.3) is 0 Å². The van der Waals surface area contributed by atoms with Crippen molar-refractivity contribution in [2.24, 2.45) is 0 Å². The zero-order chi connectivity index (χ0) is 10.5. The first-order chi connectivity index (χ1) is 6.02. The summed E-state index contributed by atoms with van der Waals surface area (Å²) in [6.45, 7) is 6.00. The molecular formula is C8H9ClO3S. The first-order valence-electron chi connectivity index (χ1n) is 3.24. The third-order valence-corrected chi connectivity index (χ3v) is 2.47. The topological polar surface area (TPSA) is 54.4 Å². The first kappa shape index (κ1) is 12.2. The van der Waals surface area contributed by atoms with Gasteiger partial charge in [0.05, 0.1) is 5.02 Å². The van der Waals surface area contributed by atoms with Gasteiger partial charge in [-0.15, -0.1) is 13.2 Å². The van der Waals surface area contributed by atoms with Crippen LogP contribution in [0.2, 0.25) is 5.02 Å². The third kappa shape index (κ3) is 3.59. The van der Waals surface area contributed by atoms with Crippen LogP contribution in [0.1, 0.15) is 0 Å². The van der Waals surface area contributed by atoms with Crippen LogP contribution in [0.15, 0.2) is 42.3 Å². The number of rotatable bonds is 1. The summed E-state index contributed by atoms with van der Waals surface area (Å²) in [6, 6.07) is 5.69. The summed E-state index contributed by atoms with van der Waals surface area (Å²) in [5.41, 5.74) is 0. The minimum Gasteiger partial charge on any atom is -0.282 e. The van der Waals surface area contributed by atoms with Gasteiger partial charge in [-0.05, 0) is 12.1 Å². The largest absolute Gasteiger partial charge is 0.296 e. The molecule has 1 N–H and O–H groups in total. The Labute approximate surface area is 82.4 Å². The molecule has 13 heavy (non-hydrogen) atoms. The van der Waals surface area contributed by atoms with Crippen molar-refractivity contribution in [2.45, 2.75) is 4.90 Å². The average Bonchev–Trinajstić information content (AvgIpc) is 2.07. The molecule has 0 aliphatic heterocycles. The molecule has 72 valence electrons. The van der Waals surface area contributed by atoms with Crippen molar-refractivity contribution in [1.29, 1.82) is 0 Å². The molecule has 0 unspecified atom stereocenters. The molecule has 0 radical (unpaired) electrons. The van der Waals surface area contributed by atoms with E-state index in [9.17, 15) is 8.42 Å². The molecule has 0 fully saturated rings. The number of hydrogen-bond acceptors (Lipinski definition) is 2. The summed E-state index contributed by atoms with van der Waals surface area (Å²) in [5.74, 6) is 0. The lowest BCUT2D eigenvalue weighted by atomic mass is 10.4. The molecule has 0 bridgehead atoms. The summed E-state index contributed by atoms with van der Waals surface area (Å²) in [4.78, 5) is -0.262. The van der Waals surface area contributed by atoms with Gasteiger partial charge in [0, 0.05) is 0 Å². The molecule has 0 saturated heterocycles. The fraction of sp³-hybridized carbons (Fsp3) is 0. The van der Waals surface area contributed by atoms with Crippen molar-refractivity contribution in [3.63, 3.8) is 0 Å². The van der Waals surface area contributed by atoms with Gasteiger partial charge in [-0.2, -0.15) is 8.42 Å². The molecule has 0 aliphatic carbocycles. The number of halogens is 1. The van der Waals surface area contributed by atoms with Gasteiger partial charge in [0.25, 0.3) is 10.1 Å². The van der Waals surface area contributed by atoms with E-state index in [-0.39, 0.29) is 9.92 Å². The second-order valence-electron chi connectivity index (χ2n) is 1.91. The minimum absolute atomic E-state index is 0.0231. The van der Waals surface area contributed by atoms with E-state index in [0.717, 1.165) is 0 Å². The van der Waals surface area contributed by atoms with E-state index in [4.69, 9.17) is 16.2 Å². The van der Waals surface area contributed by atoms with Gasteiger partial charge in [-0.3, -0.25) is 4.55 Å². The monoisotopic (exact) mass is 220 g/mol. The number of benzene rings is 1. The molecule has 0 aromatic heterocycles. The molecule has 0 atom stereocenters. The van der Waals surface area contributed by atoms with Crippen molar-refractivity contribution >= 4 is 21.7 Å². The van der Waals surface area contributed by atoms with Crippen LogP contribution in [0, 0.1) is 0 Å². The van der Waals surface area contributed by atoms with Gasteiger partial charge in [-0.1, -0.05) is 23.7 Å². The maximum atomic E-state index is 10.5. The van der Waals surface area contributed by atoms with Crippen LogP contribution in [0.3, 0.4) is 0 Å². The van der Waals surface area contributed by atoms with Crippen LogP contribution in [-0.4, -0.2) is 13.0 Å². The van der Waals surface area contributed by atoms with Crippen LogP contribution >= 0.6 is 11.6 Å². The highest BCUT2D eigenvalue weighted by Gasteiger charge is 2.12. The van der Waals surface area contributed by atoms with E-state index in [1.165, 1.54) is 18.2 Å². The molecule has 0 aliphatic rings. The Balaban J connectivity index is 0.000000671. The molecule has 0 heterocycles. The second-order valence-corrected chi connectivity index (χ2v) is 3.70.